The van der Waals surface area contributed by atoms with Crippen LogP contribution in [0.15, 0.2) is 28.0 Å². The van der Waals surface area contributed by atoms with Gasteiger partial charge in [-0.1, -0.05) is 17.8 Å². The molecule has 0 saturated carbocycles. The second-order valence-corrected chi connectivity index (χ2v) is 7.72. The molecule has 0 unspecified atom stereocenters. The Hall–Kier alpha value is -2.29. The van der Waals surface area contributed by atoms with Crippen molar-refractivity contribution < 1.29 is 4.74 Å². The van der Waals surface area contributed by atoms with Crippen LogP contribution in [0.1, 0.15) is 24.0 Å². The zero-order valence-electron chi connectivity index (χ0n) is 16.2. The number of ether oxygens (including phenoxy) is 1. The summed E-state index contributed by atoms with van der Waals surface area (Å²) in [5, 5.41) is 0. The Morgan fingerprint density at radius 3 is 2.67 bits per heavy atom. The Morgan fingerprint density at radius 1 is 1.22 bits per heavy atom. The number of nitrogen functional groups attached to an aromatic ring is 2. The Bertz CT molecular complexity index is 953. The molecular formula is C19H26N6OS. The number of aryl methyl sites for hydroxylation is 1. The van der Waals surface area contributed by atoms with Crippen molar-refractivity contribution in [1.29, 1.82) is 0 Å². The van der Waals surface area contributed by atoms with E-state index in [0.29, 0.717) is 24.5 Å². The van der Waals surface area contributed by atoms with Crippen LogP contribution in [0.5, 0.6) is 0 Å². The number of pyridine rings is 1. The molecule has 0 atom stereocenters. The van der Waals surface area contributed by atoms with Gasteiger partial charge in [0.2, 0.25) is 0 Å². The van der Waals surface area contributed by atoms with Crippen molar-refractivity contribution in [2.45, 2.75) is 36.8 Å². The highest BCUT2D eigenvalue weighted by Gasteiger charge is 2.17. The van der Waals surface area contributed by atoms with E-state index < -0.39 is 0 Å². The van der Waals surface area contributed by atoms with E-state index in [1.807, 2.05) is 34.0 Å². The van der Waals surface area contributed by atoms with Gasteiger partial charge < -0.3 is 26.1 Å². The fourth-order valence-corrected chi connectivity index (χ4v) is 3.87. The number of H-pyrrole nitrogens is 1. The summed E-state index contributed by atoms with van der Waals surface area (Å²) in [5.41, 5.74) is 16.7. The van der Waals surface area contributed by atoms with Gasteiger partial charge in [0, 0.05) is 23.7 Å². The highest BCUT2D eigenvalue weighted by atomic mass is 32.2. The van der Waals surface area contributed by atoms with Crippen molar-refractivity contribution in [2.75, 3.05) is 32.2 Å². The predicted molar refractivity (Wildman–Crippen MR) is 111 cm³/mol. The fourth-order valence-electron chi connectivity index (χ4n) is 2.89. The first-order valence-electron chi connectivity index (χ1n) is 8.82. The summed E-state index contributed by atoms with van der Waals surface area (Å²) < 4.78 is 5.46. The van der Waals surface area contributed by atoms with Gasteiger partial charge in [0.05, 0.1) is 16.1 Å². The molecule has 0 aliphatic heterocycles. The van der Waals surface area contributed by atoms with Gasteiger partial charge in [0.1, 0.15) is 17.9 Å². The number of nitrogens with one attached hydrogen (secondary N) is 1. The third-order valence-electron chi connectivity index (χ3n) is 4.07. The molecule has 8 heteroatoms. The predicted octanol–water partition coefficient (Wildman–Crippen LogP) is 3.18. The second kappa shape index (κ2) is 8.16. The Morgan fingerprint density at radius 2 is 2.00 bits per heavy atom. The van der Waals surface area contributed by atoms with E-state index >= 15 is 0 Å². The van der Waals surface area contributed by atoms with Crippen LogP contribution in [-0.4, -0.2) is 40.6 Å². The quantitative estimate of drug-likeness (QED) is 0.535. The molecule has 144 valence electrons. The summed E-state index contributed by atoms with van der Waals surface area (Å²) in [6, 6.07) is 6.18. The van der Waals surface area contributed by atoms with E-state index in [0.717, 1.165) is 39.1 Å². The molecule has 0 radical (unpaired) electrons. The van der Waals surface area contributed by atoms with Crippen molar-refractivity contribution in [3.63, 3.8) is 0 Å². The third kappa shape index (κ3) is 4.35. The topological polar surface area (TPSA) is 106 Å². The minimum atomic E-state index is 0.412. The number of nitrogens with zero attached hydrogens (tertiary/aromatic N) is 3. The number of rotatable bonds is 7. The average molecular weight is 387 g/mol. The molecule has 3 aromatic rings. The van der Waals surface area contributed by atoms with Crippen molar-refractivity contribution in [2.24, 2.45) is 0 Å². The molecule has 0 spiro atoms. The van der Waals surface area contributed by atoms with Crippen LogP contribution in [0.4, 0.5) is 11.5 Å². The summed E-state index contributed by atoms with van der Waals surface area (Å²) in [5.74, 6) is 1.15. The molecule has 0 aliphatic carbocycles. The molecule has 7 nitrogen and oxygen atoms in total. The fraction of sp³-hybridized carbons (Fsp3) is 0.368. The van der Waals surface area contributed by atoms with Crippen LogP contribution >= 0.6 is 11.8 Å². The molecular weight excluding hydrogens is 360 g/mol. The first-order valence-corrected chi connectivity index (χ1v) is 9.64. The highest BCUT2D eigenvalue weighted by molar-refractivity contribution is 7.99. The van der Waals surface area contributed by atoms with Crippen molar-refractivity contribution in [3.05, 3.63) is 35.3 Å². The van der Waals surface area contributed by atoms with Crippen LogP contribution in [0.25, 0.3) is 11.0 Å². The molecule has 0 fully saturated rings. The number of aromatic amines is 1. The number of fused-ring (bicyclic) bond motifs is 1. The van der Waals surface area contributed by atoms with Gasteiger partial charge >= 0.3 is 0 Å². The molecule has 3 rings (SSSR count). The number of anilines is 2. The smallest absolute Gasteiger partial charge is 0.151 e. The summed E-state index contributed by atoms with van der Waals surface area (Å²) in [4.78, 5) is 16.4. The summed E-state index contributed by atoms with van der Waals surface area (Å²) in [7, 11) is 4.08. The van der Waals surface area contributed by atoms with Crippen LogP contribution in [0.2, 0.25) is 0 Å². The lowest BCUT2D eigenvalue weighted by molar-refractivity contribution is 0.129. The molecule has 5 N–H and O–H groups in total. The van der Waals surface area contributed by atoms with E-state index in [2.05, 4.69) is 32.0 Å². The monoisotopic (exact) mass is 386 g/mol. The highest BCUT2D eigenvalue weighted by Crippen LogP contribution is 2.38. The van der Waals surface area contributed by atoms with Gasteiger partial charge in [-0.2, -0.15) is 0 Å². The minimum absolute atomic E-state index is 0.412. The molecule has 27 heavy (non-hydrogen) atoms. The molecule has 2 heterocycles. The normalized spacial score (nSPS) is 11.6. The third-order valence-corrected chi connectivity index (χ3v) is 5.36. The Kier molecular flexibility index (Phi) is 5.88. The summed E-state index contributed by atoms with van der Waals surface area (Å²) in [6.45, 7) is 5.78. The Balaban J connectivity index is 1.97. The lowest BCUT2D eigenvalue weighted by Crippen LogP contribution is -2.10. The molecule has 2 aromatic heterocycles. The molecule has 0 saturated heterocycles. The second-order valence-electron chi connectivity index (χ2n) is 6.67. The lowest BCUT2D eigenvalue weighted by Gasteiger charge is -2.13. The maximum Gasteiger partial charge on any atom is 0.151 e. The van der Waals surface area contributed by atoms with E-state index in [-0.39, 0.29) is 0 Å². The average Bonchev–Trinajstić information content (AvgIpc) is 3.02. The van der Waals surface area contributed by atoms with E-state index in [9.17, 15) is 0 Å². The van der Waals surface area contributed by atoms with Crippen molar-refractivity contribution in [1.82, 2.24) is 19.9 Å². The van der Waals surface area contributed by atoms with Gasteiger partial charge in [0.25, 0.3) is 0 Å². The maximum absolute atomic E-state index is 6.31. The van der Waals surface area contributed by atoms with Gasteiger partial charge in [-0.15, -0.1) is 0 Å². The zero-order chi connectivity index (χ0) is 19.6. The molecule has 0 amide bonds. The number of nitrogens with two attached hydrogens (primary N) is 2. The van der Waals surface area contributed by atoms with Crippen LogP contribution < -0.4 is 11.5 Å². The van der Waals surface area contributed by atoms with Gasteiger partial charge in [-0.05, 0) is 45.6 Å². The van der Waals surface area contributed by atoms with Crippen molar-refractivity contribution >= 4 is 34.3 Å². The standard InChI is InChI=1S/C19H26N6OS/c1-5-26-10-15-23-16-17(24-15)19(21)22-11(2)18(16)27-14-7-6-12(8-13(14)20)9-25(3)4/h6-8H,5,9-10,20H2,1-4H3,(H2,21,22)(H,23,24). The molecule has 1 aromatic carbocycles. The van der Waals surface area contributed by atoms with Crippen LogP contribution in [-0.2, 0) is 17.9 Å². The number of imidazole rings is 1. The first kappa shape index (κ1) is 19.5. The molecule has 0 aliphatic rings. The number of aromatic nitrogens is 3. The number of benzene rings is 1. The summed E-state index contributed by atoms with van der Waals surface area (Å²) in [6.07, 6.45) is 0. The zero-order valence-corrected chi connectivity index (χ0v) is 17.0. The lowest BCUT2D eigenvalue weighted by atomic mass is 10.2. The van der Waals surface area contributed by atoms with E-state index in [1.54, 1.807) is 11.8 Å². The first-order chi connectivity index (χ1) is 12.9. The van der Waals surface area contributed by atoms with E-state index in [4.69, 9.17) is 16.2 Å². The minimum Gasteiger partial charge on any atom is -0.398 e. The van der Waals surface area contributed by atoms with Crippen LogP contribution in [0, 0.1) is 6.92 Å². The van der Waals surface area contributed by atoms with Gasteiger partial charge in [-0.25, -0.2) is 9.97 Å². The molecule has 0 bridgehead atoms. The number of hydrogen-bond acceptors (Lipinski definition) is 7. The van der Waals surface area contributed by atoms with E-state index in [1.165, 1.54) is 5.56 Å². The largest absolute Gasteiger partial charge is 0.398 e. The maximum atomic E-state index is 6.31. The Labute approximate surface area is 163 Å². The number of hydrogen-bond donors (Lipinski definition) is 3. The van der Waals surface area contributed by atoms with Crippen LogP contribution in [0.3, 0.4) is 0 Å². The van der Waals surface area contributed by atoms with Gasteiger partial charge in [-0.3, -0.25) is 0 Å². The van der Waals surface area contributed by atoms with Gasteiger partial charge in [0.15, 0.2) is 5.82 Å². The van der Waals surface area contributed by atoms with Crippen molar-refractivity contribution in [3.8, 4) is 0 Å². The SMILES string of the molecule is CCOCc1nc2c(N)nc(C)c(Sc3ccc(CN(C)C)cc3N)c2[nH]1. The summed E-state index contributed by atoms with van der Waals surface area (Å²) >= 11 is 1.58.